The molecule has 0 aromatic heterocycles. The Morgan fingerprint density at radius 2 is 0.793 bits per heavy atom. The monoisotopic (exact) mass is 2250 g/mol. The van der Waals surface area contributed by atoms with Crippen molar-refractivity contribution in [3.63, 3.8) is 0 Å². The Kier molecular flexibility index (Phi) is 48.2. The van der Waals surface area contributed by atoms with Crippen molar-refractivity contribution < 1.29 is 269 Å². The number of nitrogens with zero attached hydrogens (tertiary/aromatic N) is 1. The van der Waals surface area contributed by atoms with Crippen molar-refractivity contribution in [2.75, 3.05) is 48.7 Å². The number of benzene rings is 2. The van der Waals surface area contributed by atoms with Gasteiger partial charge in [-0.3, -0.25) is 26.9 Å². The molecule has 71 heteroatoms. The average Bonchev–Trinajstić information content (AvgIpc) is 0.858. The van der Waals surface area contributed by atoms with Gasteiger partial charge in [-0.2, -0.15) is 4.21 Å². The van der Waals surface area contributed by atoms with E-state index in [0.29, 0.717) is 33.5 Å². The fourth-order valence-corrected chi connectivity index (χ4v) is 21.8. The molecule has 5 saturated carbocycles. The van der Waals surface area contributed by atoms with Gasteiger partial charge in [0.2, 0.25) is 20.8 Å². The summed E-state index contributed by atoms with van der Waals surface area (Å²) in [5.41, 5.74) is 4.27. The lowest BCUT2D eigenvalue weighted by atomic mass is 9.82. The van der Waals surface area contributed by atoms with Crippen LogP contribution in [0, 0.1) is 0 Å². The fourth-order valence-electron chi connectivity index (χ4n) is 14.9. The summed E-state index contributed by atoms with van der Waals surface area (Å²) in [7, 11) is -33.7. The number of rotatable bonds is 24. The number of ether oxygens (including phenoxy) is 13. The maximum atomic E-state index is 12.2. The number of hydrogen-bond donors (Lipinski definition) is 8. The van der Waals surface area contributed by atoms with Crippen LogP contribution in [0.25, 0.3) is 0 Å². The lowest BCUT2D eigenvalue weighted by Gasteiger charge is -2.57. The highest BCUT2D eigenvalue weighted by Gasteiger charge is 2.66. The van der Waals surface area contributed by atoms with E-state index in [1.807, 2.05) is 50.2 Å². The van der Waals surface area contributed by atoms with Crippen LogP contribution in [0.1, 0.15) is 51.3 Å². The Morgan fingerprint density at radius 3 is 1.08 bits per heavy atom. The Balaban J connectivity index is 0.000000243. The highest BCUT2D eigenvalue weighted by molar-refractivity contribution is 9.26. The van der Waals surface area contributed by atoms with E-state index in [1.54, 1.807) is 7.11 Å². The Bertz CT molecular complexity index is 4250. The van der Waals surface area contributed by atoms with E-state index >= 15 is 0 Å². The first-order valence-corrected chi connectivity index (χ1v) is 57.6. The van der Waals surface area contributed by atoms with Crippen LogP contribution in [0.3, 0.4) is 0 Å². The van der Waals surface area contributed by atoms with Crippen LogP contribution in [0.5, 0.6) is 0 Å². The quantitative estimate of drug-likeness (QED) is 0.00920. The number of alkyl halides is 1. The molecule has 784 valence electrons. The number of phosphoric ester groups is 4. The molecule has 11 aliphatic heterocycles. The SMILES string of the molecule is CC(C)P1(=O)OCc2ccccc2CO1.CCN(CC)P1OCc2ccccc2CO1.COC1C(O)[C@H](OP(=O)([O-])[O-])C(O)C(OP(=O)([O-])[O-])[C@@H]1O.COC1C(OS(=O)(=O)[O-])[C@H](OP(=O)([O-])[O-])C(OO[O-])C(OP(=O)([O-])[O-])[C@@H]1OS(=O)(=O)[O-].COC1C2OC3OC(C(O)[C@H]1O3)[C@@H]2O.COC1C2OC3O[C@@H]1C(OP)[C@@H](O3)[C@@H]2P=O.C[Si](C)(C)Br.O=S.OC1C2OC3OC1C(O)C(O3)C2O.[2H]CF. The molecule has 18 rings (SSSR count). The van der Waals surface area contributed by atoms with Gasteiger partial charge in [0.25, 0.3) is 28.0 Å². The van der Waals surface area contributed by atoms with Gasteiger partial charge in [0.15, 0.2) is 27.1 Å². The van der Waals surface area contributed by atoms with E-state index in [9.17, 15) is 143 Å². The molecule has 0 amide bonds. The summed E-state index contributed by atoms with van der Waals surface area (Å²) in [4.78, 5) is 90.2. The molecule has 135 heavy (non-hydrogen) atoms. The summed E-state index contributed by atoms with van der Waals surface area (Å²) >= 11 is 6.35. The van der Waals surface area contributed by atoms with E-state index in [4.69, 9.17) is 80.3 Å². The number of methoxy groups -OCH3 is 4. The van der Waals surface area contributed by atoms with E-state index < -0.39 is 248 Å². The van der Waals surface area contributed by atoms with Crippen molar-refractivity contribution in [1.29, 1.82) is 0 Å². The maximum Gasteiger partial charge on any atom is 0.333 e. The average molecular weight is 2250 g/mol. The third-order valence-corrected chi connectivity index (χ3v) is 28.7. The second-order valence-corrected chi connectivity index (χ2v) is 53.5. The zero-order valence-electron chi connectivity index (χ0n) is 73.0. The Morgan fingerprint density at radius 1 is 0.511 bits per heavy atom. The normalized spacial score (nSPS) is 36.9. The van der Waals surface area contributed by atoms with Crippen molar-refractivity contribution in [3.05, 3.63) is 70.8 Å². The molecule has 11 heterocycles. The standard InChI is InChI=1S/C12H18NO2P.C11H15O3P.C8H12O6P2.C8H12O6.C7H16O20P2S2.C7H16O12P2.C7H10O6.C3H9BrSi.CH3F.OS/c1-3-13(4-2)16-14-9-11-7-5-6-8-12(11)10-15-16;1-9(2)15(12)13-7-10-5-3-4-6-11(10)8-14-15;1-10-2-3-4(14-15)6-7(16-9)5(2)12-8(11-3)13-6;1-11-7-5-2(9)4-3(10)6(7)14-8(12-4)13-5;1-21-2-6(25-30(15,16)17)4(23-28(9,10)11)3(22-27-8)5(24-29(12,13)14)7(2)26-31(18,19)20;1-17-5-2(8)6(18-20(11,12)13)4(10)7(3(5)9)19-21(14,15)16;8-1-4-2(9)6-3(10)5(1)12-7(11-4)13-6;1-5(2,3)4;2*1-2/h5-8H,3-4,9-10H2,1-2H3;3-6,9H,7-8H2,1-2H3;2-8H,15H2,1H3;2-10H,1H3;2-8H,1H3,(H2,9,10,11)(H2,12,13,14)(H,15,16,17)(H,18,19,20);2-10H,1H3,(H2,11,12,13)(H2,14,15,16);1-10H;1-3H3;1H3;/p-11/t;;2?,3-,4?,5?,6+,7+,8?;2-,3?,4?,5?,6+,7?,8?;2?,3?,4-,5?,6?,7-;2-,3?,4?,5?,6?,7+;;;;/m..0011..../s1/i;;;;;;;;1D;. The number of halogens is 2. The molecule has 16 aliphatic rings. The lowest BCUT2D eigenvalue weighted by Crippen LogP contribution is -2.75. The van der Waals surface area contributed by atoms with Gasteiger partial charge in [-0.1, -0.05) is 95.9 Å². The molecule has 5 aliphatic carbocycles. The van der Waals surface area contributed by atoms with E-state index in [-0.39, 0.29) is 50.3 Å². The zero-order chi connectivity index (χ0) is 103. The summed E-state index contributed by atoms with van der Waals surface area (Å²) in [5, 5.41) is 90.5. The minimum Gasteiger partial charge on any atom is -0.790 e. The summed E-state index contributed by atoms with van der Waals surface area (Å²) in [6, 6.07) is 16.2. The third-order valence-electron chi connectivity index (χ3n) is 20.6. The van der Waals surface area contributed by atoms with Gasteiger partial charge in [-0.15, -0.1) is 15.3 Å². The largest absolute Gasteiger partial charge is 0.790 e. The predicted molar refractivity (Wildman–Crippen MR) is 430 cm³/mol. The molecule has 0 radical (unpaired) electrons. The summed E-state index contributed by atoms with van der Waals surface area (Å²) < 4.78 is 276. The van der Waals surface area contributed by atoms with Crippen molar-refractivity contribution in [2.24, 2.45) is 0 Å². The topological polar surface area (TPSA) is 846 Å². The van der Waals surface area contributed by atoms with Gasteiger partial charge in [-0.25, -0.2) is 26.4 Å². The number of fused-ring (bicyclic) bond motifs is 2. The first-order chi connectivity index (χ1) is 63.2. The smallest absolute Gasteiger partial charge is 0.333 e. The molecule has 9 saturated heterocycles. The second kappa shape index (κ2) is 53.7. The molecule has 2 aromatic carbocycles. The van der Waals surface area contributed by atoms with Gasteiger partial charge < -0.3 is 215 Å². The van der Waals surface area contributed by atoms with Gasteiger partial charge in [0.1, 0.15) is 178 Å². The summed E-state index contributed by atoms with van der Waals surface area (Å²) in [6.07, 6.45) is -39.2. The van der Waals surface area contributed by atoms with Crippen molar-refractivity contribution in [3.8, 4) is 0 Å². The molecule has 18 unspecified atom stereocenters. The predicted octanol–water partition coefficient (Wildman–Crippen LogP) is -7.58. The number of hydrogen-bond acceptors (Lipinski definition) is 58. The number of aliphatic hydroxyl groups is 8. The van der Waals surface area contributed by atoms with Gasteiger partial charge >= 0.3 is 7.60 Å². The van der Waals surface area contributed by atoms with Crippen LogP contribution in [0.4, 0.5) is 4.39 Å². The number of aliphatic hydroxyl groups excluding tert-OH is 8. The molecule has 57 nitrogen and oxygen atoms in total. The molecular formula is C64H100BrFNO56P8S3Si-11. The van der Waals surface area contributed by atoms with Crippen LogP contribution < -0.4 is 44.4 Å². The van der Waals surface area contributed by atoms with E-state index in [1.165, 1.54) is 18.2 Å². The summed E-state index contributed by atoms with van der Waals surface area (Å²) in [6.45, 7) is 15.6. The molecule has 12 bridgehead atoms. The maximum absolute atomic E-state index is 12.2. The second-order valence-electron chi connectivity index (χ2n) is 30.5. The van der Waals surface area contributed by atoms with Crippen molar-refractivity contribution >= 4 is 121 Å². The van der Waals surface area contributed by atoms with Gasteiger partial charge in [0.05, 0.1) is 77.6 Å². The minimum atomic E-state index is -6.25. The van der Waals surface area contributed by atoms with Crippen LogP contribution in [0.2, 0.25) is 19.6 Å². The lowest BCUT2D eigenvalue weighted by molar-refractivity contribution is -0.807. The van der Waals surface area contributed by atoms with Gasteiger partial charge in [0, 0.05) is 51.0 Å². The van der Waals surface area contributed by atoms with E-state index in [0.717, 1.165) is 31.3 Å². The van der Waals surface area contributed by atoms with Crippen LogP contribution in [-0.4, -0.2) is 339 Å². The highest BCUT2D eigenvalue weighted by Crippen LogP contribution is 2.56. The highest BCUT2D eigenvalue weighted by atomic mass is 79.9. The molecular weight excluding hydrogens is 2150 g/mol. The van der Waals surface area contributed by atoms with Crippen molar-refractivity contribution in [1.82, 2.24) is 4.67 Å². The van der Waals surface area contributed by atoms with Crippen LogP contribution >= 0.6 is 80.6 Å². The van der Waals surface area contributed by atoms with Crippen LogP contribution in [0.15, 0.2) is 48.5 Å². The third kappa shape index (κ3) is 34.4. The minimum absolute atomic E-state index is 0.0185. The van der Waals surface area contributed by atoms with E-state index in [2.05, 4.69) is 133 Å². The molecule has 2 aromatic rings. The summed E-state index contributed by atoms with van der Waals surface area (Å²) in [5.74, 6) is 0. The first kappa shape index (κ1) is 121. The molecule has 27 atom stereocenters. The molecule has 8 N–H and O–H groups in total. The van der Waals surface area contributed by atoms with Crippen molar-refractivity contribution in [2.45, 2.75) is 282 Å². The molecule has 14 fully saturated rings. The first-order valence-electron chi connectivity index (χ1n) is 39.7. The molecule has 0 spiro atoms. The number of phosphoric acid groups is 4. The Hall–Kier alpha value is -0.743. The Labute approximate surface area is 791 Å². The van der Waals surface area contributed by atoms with Crippen LogP contribution in [-0.2, 0) is 208 Å². The van der Waals surface area contributed by atoms with Gasteiger partial charge in [-0.05, 0) is 22.3 Å². The zero-order valence-corrected chi connectivity index (χ0v) is 84.5. The fraction of sp³-hybridized carbons (Fsp3) is 0.812.